The lowest BCUT2D eigenvalue weighted by Crippen LogP contribution is -2.35. The van der Waals surface area contributed by atoms with Gasteiger partial charge in [-0.05, 0) is 30.7 Å². The van der Waals surface area contributed by atoms with Gasteiger partial charge < -0.3 is 13.8 Å². The van der Waals surface area contributed by atoms with Crippen LogP contribution >= 0.6 is 7.75 Å². The summed E-state index contributed by atoms with van der Waals surface area (Å²) in [6.07, 6.45) is 0. The Kier molecular flexibility index (Phi) is 7.45. The predicted molar refractivity (Wildman–Crippen MR) is 117 cm³/mol. The summed E-state index contributed by atoms with van der Waals surface area (Å²) in [4.78, 5) is 15.8. The Bertz CT molecular complexity index is 1100. The second-order valence-corrected chi connectivity index (χ2v) is 8.14. The highest BCUT2D eigenvalue weighted by Crippen LogP contribution is 2.47. The van der Waals surface area contributed by atoms with Crippen LogP contribution in [0, 0.1) is 6.57 Å². The van der Waals surface area contributed by atoms with E-state index in [2.05, 4.69) is 9.93 Å². The van der Waals surface area contributed by atoms with Gasteiger partial charge in [0.1, 0.15) is 24.1 Å². The van der Waals surface area contributed by atoms with E-state index in [4.69, 9.17) is 20.4 Å². The minimum atomic E-state index is -4.10. The van der Waals surface area contributed by atoms with Crippen LogP contribution in [-0.2, 0) is 20.7 Å². The fourth-order valence-electron chi connectivity index (χ4n) is 2.59. The molecule has 0 aliphatic carbocycles. The van der Waals surface area contributed by atoms with Gasteiger partial charge in [-0.1, -0.05) is 66.7 Å². The molecule has 0 saturated heterocycles. The smallest absolute Gasteiger partial charge is 0.460 e. The topological polar surface area (TPSA) is 78.2 Å². The summed E-state index contributed by atoms with van der Waals surface area (Å²) < 4.78 is 30.1. The zero-order chi connectivity index (χ0) is 22.1. The van der Waals surface area contributed by atoms with E-state index < -0.39 is 19.8 Å². The average molecular weight is 436 g/mol. The molecule has 0 aliphatic heterocycles. The Hall–Kier alpha value is -3.59. The van der Waals surface area contributed by atoms with E-state index >= 15 is 0 Å². The van der Waals surface area contributed by atoms with Crippen LogP contribution in [0.15, 0.2) is 84.9 Å². The third-order valence-electron chi connectivity index (χ3n) is 4.10. The van der Waals surface area contributed by atoms with E-state index in [-0.39, 0.29) is 23.8 Å². The maximum atomic E-state index is 13.5. The summed E-state index contributed by atoms with van der Waals surface area (Å²) in [5, 5.41) is 2.61. The lowest BCUT2D eigenvalue weighted by atomic mass is 10.2. The Morgan fingerprint density at radius 3 is 2.26 bits per heavy atom. The first kappa shape index (κ1) is 22.1. The van der Waals surface area contributed by atoms with E-state index in [0.717, 1.165) is 5.56 Å². The van der Waals surface area contributed by atoms with Crippen molar-refractivity contribution in [3.05, 3.63) is 102 Å². The van der Waals surface area contributed by atoms with E-state index in [1.807, 2.05) is 30.3 Å². The molecule has 0 aliphatic rings. The van der Waals surface area contributed by atoms with Crippen LogP contribution in [0.1, 0.15) is 12.5 Å². The Labute approximate surface area is 181 Å². The highest BCUT2D eigenvalue weighted by molar-refractivity contribution is 7.52. The second-order valence-electron chi connectivity index (χ2n) is 6.52. The molecule has 0 heterocycles. The number of benzene rings is 3. The van der Waals surface area contributed by atoms with Crippen LogP contribution < -0.4 is 14.1 Å². The monoisotopic (exact) mass is 436 g/mol. The molecule has 31 heavy (non-hydrogen) atoms. The molecule has 0 amide bonds. The number of nitrogens with one attached hydrogen (secondary N) is 1. The molecule has 1 N–H and O–H groups in total. The molecular weight excluding hydrogens is 415 g/mol. The number of hydrogen-bond donors (Lipinski definition) is 1. The molecule has 0 saturated carbocycles. The summed E-state index contributed by atoms with van der Waals surface area (Å²) in [5.74, 6) is -0.264. The lowest BCUT2D eigenvalue weighted by molar-refractivity contribution is -0.146. The van der Waals surface area contributed by atoms with Gasteiger partial charge in [0.25, 0.3) is 0 Å². The zero-order valence-corrected chi connectivity index (χ0v) is 17.7. The van der Waals surface area contributed by atoms with Crippen molar-refractivity contribution in [1.82, 2.24) is 5.09 Å². The van der Waals surface area contributed by atoms with Crippen LogP contribution in [0.3, 0.4) is 0 Å². The molecule has 1 unspecified atom stereocenters. The van der Waals surface area contributed by atoms with Crippen molar-refractivity contribution in [3.63, 3.8) is 0 Å². The Balaban J connectivity index is 1.76. The normalized spacial score (nSPS) is 13.3. The largest absolute Gasteiger partial charge is 0.512 e. The van der Waals surface area contributed by atoms with Crippen molar-refractivity contribution in [1.29, 1.82) is 0 Å². The van der Waals surface area contributed by atoms with Crippen molar-refractivity contribution in [3.8, 4) is 11.5 Å². The molecule has 3 aromatic rings. The minimum absolute atomic E-state index is 0.0779. The van der Waals surface area contributed by atoms with Gasteiger partial charge in [-0.15, -0.1) is 0 Å². The highest BCUT2D eigenvalue weighted by Gasteiger charge is 2.34. The van der Waals surface area contributed by atoms with Crippen molar-refractivity contribution in [2.24, 2.45) is 0 Å². The number of rotatable bonds is 9. The van der Waals surface area contributed by atoms with E-state index in [1.165, 1.54) is 19.1 Å². The molecule has 0 radical (unpaired) electrons. The molecule has 2 atom stereocenters. The quantitative estimate of drug-likeness (QED) is 0.270. The first-order valence-corrected chi connectivity index (χ1v) is 11.0. The maximum Gasteiger partial charge on any atom is 0.512 e. The van der Waals surface area contributed by atoms with Gasteiger partial charge in [-0.2, -0.15) is 5.09 Å². The molecule has 158 valence electrons. The van der Waals surface area contributed by atoms with E-state index in [1.54, 1.807) is 42.5 Å². The third kappa shape index (κ3) is 6.45. The summed E-state index contributed by atoms with van der Waals surface area (Å²) in [6, 6.07) is 23.0. The van der Waals surface area contributed by atoms with Gasteiger partial charge in [-0.3, -0.25) is 4.79 Å². The number of para-hydroxylation sites is 3. The van der Waals surface area contributed by atoms with Gasteiger partial charge in [0, 0.05) is 0 Å². The number of nitrogens with zero attached hydrogens (tertiary/aromatic N) is 1. The second kappa shape index (κ2) is 10.4. The number of hydrogen-bond acceptors (Lipinski definition) is 5. The molecule has 0 fully saturated rings. The standard InChI is InChI=1S/C23H21N2O5P/c1-18(23(26)28-17-19-11-5-3-6-12-19)25-31(27,29-20-13-7-4-8-14-20)30-22-16-10-9-15-21(22)24-2/h3-16,18H,17H2,1H3,(H,25,27)/t18-,31?/m0/s1. The van der Waals surface area contributed by atoms with E-state index in [9.17, 15) is 9.36 Å². The maximum absolute atomic E-state index is 13.5. The van der Waals surface area contributed by atoms with Crippen molar-refractivity contribution >= 4 is 19.4 Å². The molecule has 3 aromatic carbocycles. The van der Waals surface area contributed by atoms with Crippen molar-refractivity contribution in [2.45, 2.75) is 19.6 Å². The van der Waals surface area contributed by atoms with Gasteiger partial charge >= 0.3 is 13.7 Å². The first-order chi connectivity index (χ1) is 15.0. The predicted octanol–water partition coefficient (Wildman–Crippen LogP) is 5.52. The van der Waals surface area contributed by atoms with Crippen molar-refractivity contribution in [2.75, 3.05) is 0 Å². The molecule has 7 nitrogen and oxygen atoms in total. The lowest BCUT2D eigenvalue weighted by Gasteiger charge is -2.23. The van der Waals surface area contributed by atoms with Crippen molar-refractivity contribution < 1.29 is 23.1 Å². The minimum Gasteiger partial charge on any atom is -0.460 e. The molecular formula is C23H21N2O5P. The van der Waals surface area contributed by atoms with Crippen LogP contribution in [0.2, 0.25) is 0 Å². The fraction of sp³-hybridized carbons (Fsp3) is 0.130. The van der Waals surface area contributed by atoms with Crippen LogP contribution in [0.4, 0.5) is 5.69 Å². The number of esters is 1. The molecule has 0 spiro atoms. The molecule has 3 rings (SSSR count). The number of ether oxygens (including phenoxy) is 1. The SMILES string of the molecule is [C-]#[N+]c1ccccc1OP(=O)(N[C@@H](C)C(=O)OCc1ccccc1)Oc1ccccc1. The highest BCUT2D eigenvalue weighted by atomic mass is 31.2. The van der Waals surface area contributed by atoms with E-state index in [0.29, 0.717) is 0 Å². The Morgan fingerprint density at radius 2 is 1.58 bits per heavy atom. The number of carbonyl (C=O) groups excluding carboxylic acids is 1. The van der Waals surface area contributed by atoms with Gasteiger partial charge in [-0.25, -0.2) is 9.41 Å². The van der Waals surface area contributed by atoms with Gasteiger partial charge in [0.15, 0.2) is 0 Å². The molecule has 0 aromatic heterocycles. The van der Waals surface area contributed by atoms with Crippen LogP contribution in [0.25, 0.3) is 4.85 Å². The zero-order valence-electron chi connectivity index (χ0n) is 16.8. The average Bonchev–Trinajstić information content (AvgIpc) is 2.79. The Morgan fingerprint density at radius 1 is 0.968 bits per heavy atom. The van der Waals surface area contributed by atoms with Crippen LogP contribution in [-0.4, -0.2) is 12.0 Å². The summed E-state index contributed by atoms with van der Waals surface area (Å²) in [7, 11) is -4.10. The number of carbonyl (C=O) groups is 1. The third-order valence-corrected chi connectivity index (χ3v) is 5.69. The van der Waals surface area contributed by atoms with Gasteiger partial charge in [0.2, 0.25) is 5.69 Å². The van der Waals surface area contributed by atoms with Gasteiger partial charge in [0.05, 0.1) is 6.57 Å². The first-order valence-electron chi connectivity index (χ1n) is 9.48. The fourth-order valence-corrected chi connectivity index (χ4v) is 4.13. The summed E-state index contributed by atoms with van der Waals surface area (Å²) in [5.41, 5.74) is 0.995. The van der Waals surface area contributed by atoms with Crippen LogP contribution in [0.5, 0.6) is 11.5 Å². The summed E-state index contributed by atoms with van der Waals surface area (Å²) >= 11 is 0. The molecule has 0 bridgehead atoms. The molecule has 8 heteroatoms. The summed E-state index contributed by atoms with van der Waals surface area (Å²) in [6.45, 7) is 8.86.